The molecule has 0 amide bonds. The fourth-order valence-corrected chi connectivity index (χ4v) is 0.632. The van der Waals surface area contributed by atoms with Crippen LogP contribution in [0.3, 0.4) is 0 Å². The van der Waals surface area contributed by atoms with Crippen molar-refractivity contribution in [3.63, 3.8) is 0 Å². The van der Waals surface area contributed by atoms with Gasteiger partial charge < -0.3 is 0 Å². The Hall–Kier alpha value is -0.0700. The van der Waals surface area contributed by atoms with Crippen LogP contribution >= 0.6 is 0 Å². The molecule has 0 rings (SSSR count). The van der Waals surface area contributed by atoms with Crippen molar-refractivity contribution < 1.29 is 4.39 Å². The Balaban J connectivity index is 3.28. The minimum absolute atomic E-state index is 0.625. The Labute approximate surface area is 57.5 Å². The zero-order valence-corrected chi connectivity index (χ0v) is 6.87. The molecule has 0 radical (unpaired) electrons. The van der Waals surface area contributed by atoms with Crippen molar-refractivity contribution in [2.75, 3.05) is 0 Å². The largest absolute Gasteiger partial charge is 0.245 e. The van der Waals surface area contributed by atoms with Crippen molar-refractivity contribution >= 4 is 0 Å². The highest BCUT2D eigenvalue weighted by Gasteiger charge is 2.14. The summed E-state index contributed by atoms with van der Waals surface area (Å²) >= 11 is 0. The van der Waals surface area contributed by atoms with Crippen molar-refractivity contribution in [1.29, 1.82) is 0 Å². The van der Waals surface area contributed by atoms with Crippen molar-refractivity contribution in [1.82, 2.24) is 0 Å². The van der Waals surface area contributed by atoms with Crippen LogP contribution in [-0.2, 0) is 0 Å². The number of rotatable bonds is 3. The molecule has 1 heteroatoms. The second-order valence-corrected chi connectivity index (χ2v) is 3.65. The lowest BCUT2D eigenvalue weighted by atomic mass is 9.99. The predicted octanol–water partition coefficient (Wildman–Crippen LogP) is 3.17. The van der Waals surface area contributed by atoms with E-state index in [4.69, 9.17) is 0 Å². The number of hydrogen-bond donors (Lipinski definition) is 0. The summed E-state index contributed by atoms with van der Waals surface area (Å²) in [6.45, 7) is 7.50. The molecule has 0 fully saturated rings. The van der Waals surface area contributed by atoms with E-state index < -0.39 is 5.67 Å². The van der Waals surface area contributed by atoms with Gasteiger partial charge in [-0.05, 0) is 32.6 Å². The molecule has 0 unspecified atom stereocenters. The van der Waals surface area contributed by atoms with E-state index >= 15 is 0 Å². The van der Waals surface area contributed by atoms with E-state index in [-0.39, 0.29) is 0 Å². The topological polar surface area (TPSA) is 0 Å². The van der Waals surface area contributed by atoms with Crippen LogP contribution in [0.5, 0.6) is 0 Å². The normalized spacial score (nSPS) is 12.7. The third-order valence-electron chi connectivity index (χ3n) is 1.32. The predicted molar refractivity (Wildman–Crippen MR) is 39.3 cm³/mol. The van der Waals surface area contributed by atoms with Gasteiger partial charge in [0.25, 0.3) is 0 Å². The molecule has 0 aromatic rings. The zero-order valence-electron chi connectivity index (χ0n) is 6.87. The number of hydrogen-bond acceptors (Lipinski definition) is 0. The Kier molecular flexibility index (Phi) is 3.16. The molecule has 0 spiro atoms. The van der Waals surface area contributed by atoms with E-state index in [9.17, 15) is 4.39 Å². The van der Waals surface area contributed by atoms with E-state index in [2.05, 4.69) is 13.8 Å². The van der Waals surface area contributed by atoms with E-state index in [0.29, 0.717) is 12.3 Å². The van der Waals surface area contributed by atoms with Crippen molar-refractivity contribution in [3.8, 4) is 0 Å². The highest BCUT2D eigenvalue weighted by Crippen LogP contribution is 2.18. The molecule has 0 saturated heterocycles. The lowest BCUT2D eigenvalue weighted by molar-refractivity contribution is 0.189. The van der Waals surface area contributed by atoms with Gasteiger partial charge in [0.15, 0.2) is 0 Å². The van der Waals surface area contributed by atoms with E-state index in [1.54, 1.807) is 13.8 Å². The molecule has 0 atom stereocenters. The molecule has 0 saturated carbocycles. The molecule has 0 aromatic carbocycles. The van der Waals surface area contributed by atoms with Crippen LogP contribution in [-0.4, -0.2) is 5.67 Å². The van der Waals surface area contributed by atoms with Crippen LogP contribution in [0.15, 0.2) is 0 Å². The second kappa shape index (κ2) is 3.19. The molecule has 0 aliphatic carbocycles. The molecule has 0 aliphatic rings. The van der Waals surface area contributed by atoms with Gasteiger partial charge in [-0.1, -0.05) is 13.8 Å². The summed E-state index contributed by atoms with van der Waals surface area (Å²) in [4.78, 5) is 0. The summed E-state index contributed by atoms with van der Waals surface area (Å²) in [6, 6.07) is 0. The molecule has 0 aliphatic heterocycles. The van der Waals surface area contributed by atoms with Gasteiger partial charge in [-0.25, -0.2) is 4.39 Å². The van der Waals surface area contributed by atoms with Gasteiger partial charge in [-0.15, -0.1) is 0 Å². The first-order chi connectivity index (χ1) is 3.92. The van der Waals surface area contributed by atoms with Gasteiger partial charge >= 0.3 is 0 Å². The first-order valence-corrected chi connectivity index (χ1v) is 3.61. The Morgan fingerprint density at radius 1 is 1.33 bits per heavy atom. The maximum Gasteiger partial charge on any atom is 0.105 e. The number of halogens is 1. The summed E-state index contributed by atoms with van der Waals surface area (Å²) < 4.78 is 12.7. The van der Waals surface area contributed by atoms with Crippen LogP contribution in [0.2, 0.25) is 0 Å². The summed E-state index contributed by atoms with van der Waals surface area (Å²) in [5.41, 5.74) is -0.968. The molecule has 0 nitrogen and oxygen atoms in total. The average molecular weight is 132 g/mol. The molecule has 0 heterocycles. The van der Waals surface area contributed by atoms with Crippen LogP contribution in [0.25, 0.3) is 0 Å². The summed E-state index contributed by atoms with van der Waals surface area (Å²) in [5, 5.41) is 0. The van der Waals surface area contributed by atoms with Gasteiger partial charge in [0.05, 0.1) is 0 Å². The minimum atomic E-state index is -0.968. The fourth-order valence-electron chi connectivity index (χ4n) is 0.632. The monoisotopic (exact) mass is 132 g/mol. The summed E-state index contributed by atoms with van der Waals surface area (Å²) in [6.07, 6.45) is 1.67. The lowest BCUT2D eigenvalue weighted by Crippen LogP contribution is -2.12. The van der Waals surface area contributed by atoms with E-state index in [1.807, 2.05) is 0 Å². The highest BCUT2D eigenvalue weighted by molar-refractivity contribution is 4.65. The minimum Gasteiger partial charge on any atom is -0.245 e. The summed E-state index contributed by atoms with van der Waals surface area (Å²) in [7, 11) is 0. The first-order valence-electron chi connectivity index (χ1n) is 3.61. The Morgan fingerprint density at radius 3 is 1.89 bits per heavy atom. The van der Waals surface area contributed by atoms with Gasteiger partial charge in [0.2, 0.25) is 0 Å². The van der Waals surface area contributed by atoms with Crippen LogP contribution in [0.4, 0.5) is 4.39 Å². The van der Waals surface area contributed by atoms with Gasteiger partial charge in [0.1, 0.15) is 5.67 Å². The van der Waals surface area contributed by atoms with Crippen molar-refractivity contribution in [3.05, 3.63) is 0 Å². The van der Waals surface area contributed by atoms with E-state index in [0.717, 1.165) is 6.42 Å². The molecule has 0 aromatic heterocycles. The smallest absolute Gasteiger partial charge is 0.105 e. The third-order valence-corrected chi connectivity index (χ3v) is 1.32. The lowest BCUT2D eigenvalue weighted by Gasteiger charge is -2.14. The van der Waals surface area contributed by atoms with Crippen LogP contribution in [0.1, 0.15) is 40.5 Å². The van der Waals surface area contributed by atoms with Crippen molar-refractivity contribution in [2.24, 2.45) is 5.92 Å². The highest BCUT2D eigenvalue weighted by atomic mass is 19.1. The molecule has 0 N–H and O–H groups in total. The standard InChI is InChI=1S/C8H17F/c1-7(2)5-6-8(3,4)9/h7H,5-6H2,1-4H3. The molecular formula is C8H17F. The molecule has 0 bridgehead atoms. The third kappa shape index (κ3) is 7.93. The van der Waals surface area contributed by atoms with Crippen LogP contribution in [0, 0.1) is 5.92 Å². The van der Waals surface area contributed by atoms with Gasteiger partial charge in [-0.2, -0.15) is 0 Å². The molecular weight excluding hydrogens is 115 g/mol. The maximum atomic E-state index is 12.7. The first kappa shape index (κ1) is 8.93. The maximum absolute atomic E-state index is 12.7. The Morgan fingerprint density at radius 2 is 1.78 bits per heavy atom. The summed E-state index contributed by atoms with van der Waals surface area (Å²) in [5.74, 6) is 0.625. The quantitative estimate of drug-likeness (QED) is 0.553. The molecule has 56 valence electrons. The average Bonchev–Trinajstić information content (AvgIpc) is 1.59. The van der Waals surface area contributed by atoms with Gasteiger partial charge in [-0.3, -0.25) is 0 Å². The zero-order chi connectivity index (χ0) is 7.49. The fraction of sp³-hybridized carbons (Fsp3) is 1.00. The van der Waals surface area contributed by atoms with Gasteiger partial charge in [0, 0.05) is 0 Å². The second-order valence-electron chi connectivity index (χ2n) is 3.65. The van der Waals surface area contributed by atoms with E-state index in [1.165, 1.54) is 0 Å². The Bertz CT molecular complexity index is 69.1. The molecule has 9 heavy (non-hydrogen) atoms. The van der Waals surface area contributed by atoms with Crippen molar-refractivity contribution in [2.45, 2.75) is 46.2 Å². The van der Waals surface area contributed by atoms with Crippen LogP contribution < -0.4 is 0 Å². The number of alkyl halides is 1. The SMILES string of the molecule is CC(C)CCC(C)(C)F.